The third-order valence-electron chi connectivity index (χ3n) is 4.23. The van der Waals surface area contributed by atoms with Crippen molar-refractivity contribution in [2.45, 2.75) is 19.4 Å². The highest BCUT2D eigenvalue weighted by molar-refractivity contribution is 5.97. The van der Waals surface area contributed by atoms with Crippen LogP contribution in [0.5, 0.6) is 0 Å². The number of benzene rings is 1. The van der Waals surface area contributed by atoms with Crippen molar-refractivity contribution in [3.05, 3.63) is 59.9 Å². The number of pyridine rings is 1. The zero-order valence-electron chi connectivity index (χ0n) is 13.9. The lowest BCUT2D eigenvalue weighted by Gasteiger charge is -2.17. The van der Waals surface area contributed by atoms with Crippen molar-refractivity contribution in [3.63, 3.8) is 0 Å². The number of nitrogens with one attached hydrogen (secondary N) is 2. The third kappa shape index (κ3) is 4.55. The van der Waals surface area contributed by atoms with Crippen LogP contribution in [0.4, 0.5) is 5.69 Å². The quantitative estimate of drug-likeness (QED) is 0.607. The minimum absolute atomic E-state index is 0.225. The molecule has 2 aromatic rings. The summed E-state index contributed by atoms with van der Waals surface area (Å²) in [5, 5.41) is 11.6. The summed E-state index contributed by atoms with van der Waals surface area (Å²) < 4.78 is 5.67. The van der Waals surface area contributed by atoms with E-state index < -0.39 is 0 Å². The summed E-state index contributed by atoms with van der Waals surface area (Å²) in [5.41, 5.74) is 2.81. The topological polar surface area (TPSA) is 61.2 Å². The molecule has 1 aliphatic rings. The Kier molecular flexibility index (Phi) is 5.80. The van der Waals surface area contributed by atoms with Gasteiger partial charge in [-0.25, -0.2) is 0 Å². The molecule has 0 atom stereocenters. The van der Waals surface area contributed by atoms with Gasteiger partial charge in [0.05, 0.1) is 5.56 Å². The van der Waals surface area contributed by atoms with Crippen LogP contribution in [0.25, 0.3) is 0 Å². The van der Waals surface area contributed by atoms with E-state index >= 15 is 0 Å². The highest BCUT2D eigenvalue weighted by Crippen LogP contribution is 2.17. The van der Waals surface area contributed by atoms with Gasteiger partial charge in [-0.3, -0.25) is 15.3 Å². The molecule has 0 spiro atoms. The Hall–Kier alpha value is -2.40. The van der Waals surface area contributed by atoms with Crippen molar-refractivity contribution < 1.29 is 4.74 Å². The Balaban J connectivity index is 1.55. The molecule has 1 aliphatic heterocycles. The van der Waals surface area contributed by atoms with Gasteiger partial charge < -0.3 is 10.1 Å². The summed E-state index contributed by atoms with van der Waals surface area (Å²) in [7, 11) is 0. The van der Waals surface area contributed by atoms with Gasteiger partial charge in [-0.1, -0.05) is 18.2 Å². The zero-order valence-corrected chi connectivity index (χ0v) is 13.9. The second kappa shape index (κ2) is 8.45. The van der Waals surface area contributed by atoms with Gasteiger partial charge >= 0.3 is 0 Å². The number of anilines is 1. The summed E-state index contributed by atoms with van der Waals surface area (Å²) in [6, 6.07) is 11.7. The lowest BCUT2D eigenvalue weighted by molar-refractivity contribution is 0.229. The van der Waals surface area contributed by atoms with Gasteiger partial charge in [0.15, 0.2) is 0 Å². The molecular formula is C19H24N4O. The van der Waals surface area contributed by atoms with Crippen molar-refractivity contribution in [3.8, 4) is 0 Å². The second-order valence-electron chi connectivity index (χ2n) is 5.99. The molecule has 0 amide bonds. The first-order valence-electron chi connectivity index (χ1n) is 8.49. The average molecular weight is 324 g/mol. The molecule has 0 saturated carbocycles. The maximum Gasteiger partial charge on any atom is 0.215 e. The van der Waals surface area contributed by atoms with Crippen molar-refractivity contribution in [2.24, 2.45) is 0 Å². The Morgan fingerprint density at radius 1 is 1.17 bits per heavy atom. The number of aromatic nitrogens is 1. The first-order chi connectivity index (χ1) is 11.8. The largest absolute Gasteiger partial charge is 0.476 e. The Bertz CT molecular complexity index is 653. The van der Waals surface area contributed by atoms with Crippen LogP contribution in [0, 0.1) is 5.41 Å². The molecule has 24 heavy (non-hydrogen) atoms. The maximum atomic E-state index is 8.23. The van der Waals surface area contributed by atoms with Gasteiger partial charge in [-0.05, 0) is 49.7 Å². The fourth-order valence-electron chi connectivity index (χ4n) is 2.90. The predicted octanol–water partition coefficient (Wildman–Crippen LogP) is 3.13. The molecule has 5 nitrogen and oxygen atoms in total. The van der Waals surface area contributed by atoms with E-state index in [4.69, 9.17) is 10.1 Å². The lowest BCUT2D eigenvalue weighted by atomic mass is 10.1. The van der Waals surface area contributed by atoms with Crippen LogP contribution >= 0.6 is 0 Å². The van der Waals surface area contributed by atoms with E-state index in [0.717, 1.165) is 36.4 Å². The molecule has 1 aromatic carbocycles. The Morgan fingerprint density at radius 2 is 2.00 bits per heavy atom. The summed E-state index contributed by atoms with van der Waals surface area (Å²) in [4.78, 5) is 6.51. The number of ether oxygens (including phenoxy) is 1. The molecular weight excluding hydrogens is 300 g/mol. The van der Waals surface area contributed by atoms with Crippen molar-refractivity contribution in [1.82, 2.24) is 9.88 Å². The minimum atomic E-state index is 0.225. The summed E-state index contributed by atoms with van der Waals surface area (Å²) >= 11 is 0. The normalized spacial score (nSPS) is 14.5. The van der Waals surface area contributed by atoms with E-state index in [1.807, 2.05) is 42.6 Å². The fraction of sp³-hybridized carbons (Fsp3) is 0.368. The SMILES string of the molecule is N=C(OCCN1CCCC1)c1ccccc1NCc1cccnc1. The summed E-state index contributed by atoms with van der Waals surface area (Å²) in [6.45, 7) is 4.44. The smallest absolute Gasteiger partial charge is 0.215 e. The van der Waals surface area contributed by atoms with Crippen LogP contribution in [0.3, 0.4) is 0 Å². The van der Waals surface area contributed by atoms with E-state index in [1.54, 1.807) is 6.20 Å². The Morgan fingerprint density at radius 3 is 2.79 bits per heavy atom. The van der Waals surface area contributed by atoms with Crippen molar-refractivity contribution in [2.75, 3.05) is 31.6 Å². The Labute approximate surface area is 143 Å². The van der Waals surface area contributed by atoms with Gasteiger partial charge in [0.2, 0.25) is 5.90 Å². The van der Waals surface area contributed by atoms with E-state index in [9.17, 15) is 0 Å². The van der Waals surface area contributed by atoms with Crippen LogP contribution in [0.15, 0.2) is 48.8 Å². The third-order valence-corrected chi connectivity index (χ3v) is 4.23. The first kappa shape index (κ1) is 16.5. The second-order valence-corrected chi connectivity index (χ2v) is 5.99. The molecule has 5 heteroatoms. The number of nitrogens with zero attached hydrogens (tertiary/aromatic N) is 2. The lowest BCUT2D eigenvalue weighted by Crippen LogP contribution is -2.25. The molecule has 2 N–H and O–H groups in total. The van der Waals surface area contributed by atoms with Crippen LogP contribution in [-0.4, -0.2) is 42.0 Å². The molecule has 0 unspecified atom stereocenters. The molecule has 0 aliphatic carbocycles. The average Bonchev–Trinajstić information content (AvgIpc) is 3.14. The van der Waals surface area contributed by atoms with Crippen LogP contribution in [0.2, 0.25) is 0 Å². The highest BCUT2D eigenvalue weighted by Gasteiger charge is 2.13. The van der Waals surface area contributed by atoms with Gasteiger partial charge in [0.1, 0.15) is 6.61 Å². The summed E-state index contributed by atoms with van der Waals surface area (Å²) in [6.07, 6.45) is 6.16. The van der Waals surface area contributed by atoms with Gasteiger partial charge in [-0.2, -0.15) is 0 Å². The van der Waals surface area contributed by atoms with Crippen LogP contribution in [0.1, 0.15) is 24.0 Å². The van der Waals surface area contributed by atoms with Crippen molar-refractivity contribution in [1.29, 1.82) is 5.41 Å². The van der Waals surface area contributed by atoms with Crippen LogP contribution in [-0.2, 0) is 11.3 Å². The van der Waals surface area contributed by atoms with Gasteiger partial charge in [0.25, 0.3) is 0 Å². The molecule has 2 heterocycles. The standard InChI is InChI=1S/C19H24N4O/c20-19(24-13-12-23-10-3-4-11-23)17-7-1-2-8-18(17)22-15-16-6-5-9-21-14-16/h1-2,5-9,14,20,22H,3-4,10-13,15H2. The molecule has 1 fully saturated rings. The maximum absolute atomic E-state index is 8.23. The zero-order chi connectivity index (χ0) is 16.6. The number of likely N-dealkylation sites (tertiary alicyclic amines) is 1. The molecule has 3 rings (SSSR count). The number of hydrogen-bond acceptors (Lipinski definition) is 5. The minimum Gasteiger partial charge on any atom is -0.476 e. The van der Waals surface area contributed by atoms with E-state index in [0.29, 0.717) is 13.2 Å². The predicted molar refractivity (Wildman–Crippen MR) is 96.5 cm³/mol. The molecule has 1 aromatic heterocycles. The number of para-hydroxylation sites is 1. The van der Waals surface area contributed by atoms with Crippen molar-refractivity contribution >= 4 is 11.6 Å². The van der Waals surface area contributed by atoms with E-state index in [2.05, 4.69) is 15.2 Å². The van der Waals surface area contributed by atoms with E-state index in [-0.39, 0.29) is 5.90 Å². The molecule has 0 radical (unpaired) electrons. The first-order valence-corrected chi connectivity index (χ1v) is 8.49. The molecule has 126 valence electrons. The van der Waals surface area contributed by atoms with Crippen LogP contribution < -0.4 is 5.32 Å². The monoisotopic (exact) mass is 324 g/mol. The van der Waals surface area contributed by atoms with Gasteiger partial charge in [0, 0.05) is 31.2 Å². The fourth-order valence-corrected chi connectivity index (χ4v) is 2.90. The molecule has 0 bridgehead atoms. The summed E-state index contributed by atoms with van der Waals surface area (Å²) in [5.74, 6) is 0.225. The highest BCUT2D eigenvalue weighted by atomic mass is 16.5. The molecule has 1 saturated heterocycles. The van der Waals surface area contributed by atoms with E-state index in [1.165, 1.54) is 12.8 Å². The van der Waals surface area contributed by atoms with Gasteiger partial charge in [-0.15, -0.1) is 0 Å². The number of hydrogen-bond donors (Lipinski definition) is 2. The number of rotatable bonds is 7.